The quantitative estimate of drug-likeness (QED) is 0.916. The first-order valence-corrected chi connectivity index (χ1v) is 9.45. The molecule has 0 atom stereocenters. The van der Waals surface area contributed by atoms with Gasteiger partial charge in [0.05, 0.1) is 17.1 Å². The van der Waals surface area contributed by atoms with E-state index in [0.717, 1.165) is 39.6 Å². The number of hydrogen-bond donors (Lipinski definition) is 1. The molecule has 0 bridgehead atoms. The molecule has 0 aliphatic carbocycles. The molecule has 1 aliphatic rings. The number of carbonyl (C=O) groups excluding carboxylic acids is 1. The smallest absolute Gasteiger partial charge is 0.281 e. The van der Waals surface area contributed by atoms with E-state index < -0.39 is 10.2 Å². The molecule has 0 saturated heterocycles. The Labute approximate surface area is 148 Å². The zero-order valence-electron chi connectivity index (χ0n) is 14.5. The van der Waals surface area contributed by atoms with Crippen LogP contribution < -0.4 is 9.62 Å². The van der Waals surface area contributed by atoms with Crippen molar-refractivity contribution in [1.29, 1.82) is 0 Å². The van der Waals surface area contributed by atoms with Crippen molar-refractivity contribution in [1.82, 2.24) is 4.31 Å². The molecule has 1 N–H and O–H groups in total. The topological polar surface area (TPSA) is 69.7 Å². The molecule has 2 aromatic carbocycles. The van der Waals surface area contributed by atoms with Crippen molar-refractivity contribution in [3.63, 3.8) is 0 Å². The van der Waals surface area contributed by atoms with E-state index in [9.17, 15) is 13.2 Å². The van der Waals surface area contributed by atoms with Crippen molar-refractivity contribution in [2.75, 3.05) is 23.7 Å². The van der Waals surface area contributed by atoms with E-state index in [0.29, 0.717) is 5.69 Å². The Hall–Kier alpha value is -2.38. The van der Waals surface area contributed by atoms with Crippen LogP contribution in [0.3, 0.4) is 0 Å². The standard InChI is InChI=1S/C18H21N3O3S/c1-13(22)21-17-7-5-4-6-14(17)8-9-15-10-11-16(12-18(15)21)19-25(23,24)20(2)3/h4-7,10-12,19H,8-9H2,1-3H3. The van der Waals surface area contributed by atoms with Gasteiger partial charge in [0.15, 0.2) is 0 Å². The minimum Gasteiger partial charge on any atom is -0.281 e. The normalized spacial score (nSPS) is 13.8. The Morgan fingerprint density at radius 2 is 1.68 bits per heavy atom. The minimum atomic E-state index is -3.61. The van der Waals surface area contributed by atoms with Crippen LogP contribution in [0.5, 0.6) is 0 Å². The largest absolute Gasteiger partial charge is 0.301 e. The number of fused-ring (bicyclic) bond motifs is 2. The fourth-order valence-corrected chi connectivity index (χ4v) is 3.57. The number of nitrogens with zero attached hydrogens (tertiary/aromatic N) is 2. The number of aryl methyl sites for hydroxylation is 2. The van der Waals surface area contributed by atoms with Crippen LogP contribution in [-0.4, -0.2) is 32.7 Å². The second-order valence-corrected chi connectivity index (χ2v) is 8.10. The monoisotopic (exact) mass is 359 g/mol. The van der Waals surface area contributed by atoms with E-state index in [4.69, 9.17) is 0 Å². The fourth-order valence-electron chi connectivity index (χ4n) is 2.97. The number of hydrogen-bond acceptors (Lipinski definition) is 3. The molecule has 1 amide bonds. The van der Waals surface area contributed by atoms with Gasteiger partial charge in [0, 0.05) is 21.0 Å². The molecule has 2 aromatic rings. The lowest BCUT2D eigenvalue weighted by atomic mass is 10.0. The van der Waals surface area contributed by atoms with Crippen molar-refractivity contribution < 1.29 is 13.2 Å². The highest BCUT2D eigenvalue weighted by atomic mass is 32.2. The first kappa shape index (κ1) is 17.4. The Bertz CT molecular complexity index is 923. The number of para-hydroxylation sites is 1. The lowest BCUT2D eigenvalue weighted by molar-refractivity contribution is -0.115. The maximum atomic E-state index is 12.4. The third-order valence-corrected chi connectivity index (χ3v) is 5.72. The number of benzene rings is 2. The Balaban J connectivity index is 2.10. The van der Waals surface area contributed by atoms with Crippen LogP contribution in [0, 0.1) is 0 Å². The average molecular weight is 359 g/mol. The van der Waals surface area contributed by atoms with Gasteiger partial charge in [-0.25, -0.2) is 0 Å². The van der Waals surface area contributed by atoms with Crippen molar-refractivity contribution in [3.8, 4) is 0 Å². The summed E-state index contributed by atoms with van der Waals surface area (Å²) in [6, 6.07) is 13.1. The lowest BCUT2D eigenvalue weighted by Gasteiger charge is -2.24. The molecule has 0 spiro atoms. The number of nitrogens with one attached hydrogen (secondary N) is 1. The van der Waals surface area contributed by atoms with Crippen molar-refractivity contribution in [2.45, 2.75) is 19.8 Å². The van der Waals surface area contributed by atoms with Crippen LogP contribution >= 0.6 is 0 Å². The van der Waals surface area contributed by atoms with Gasteiger partial charge in [0.25, 0.3) is 0 Å². The zero-order valence-corrected chi connectivity index (χ0v) is 15.3. The zero-order chi connectivity index (χ0) is 18.2. The van der Waals surface area contributed by atoms with E-state index >= 15 is 0 Å². The van der Waals surface area contributed by atoms with Gasteiger partial charge in [-0.15, -0.1) is 0 Å². The second kappa shape index (κ2) is 6.50. The molecule has 1 heterocycles. The summed E-state index contributed by atoms with van der Waals surface area (Å²) in [6.45, 7) is 1.52. The van der Waals surface area contributed by atoms with Crippen LogP contribution in [0.2, 0.25) is 0 Å². The van der Waals surface area contributed by atoms with E-state index in [2.05, 4.69) is 4.72 Å². The molecule has 132 valence electrons. The molecule has 25 heavy (non-hydrogen) atoms. The van der Waals surface area contributed by atoms with Gasteiger partial charge in [0.2, 0.25) is 5.91 Å². The van der Waals surface area contributed by atoms with Crippen LogP contribution in [0.25, 0.3) is 0 Å². The summed E-state index contributed by atoms with van der Waals surface area (Å²) in [5.74, 6) is -0.108. The molecular weight excluding hydrogens is 338 g/mol. The Morgan fingerprint density at radius 1 is 1.04 bits per heavy atom. The number of carbonyl (C=O) groups is 1. The van der Waals surface area contributed by atoms with Crippen molar-refractivity contribution >= 4 is 33.2 Å². The summed E-state index contributed by atoms with van der Waals surface area (Å²) in [5, 5.41) is 0. The second-order valence-electron chi connectivity index (χ2n) is 6.22. The highest BCUT2D eigenvalue weighted by Gasteiger charge is 2.24. The molecule has 3 rings (SSSR count). The summed E-state index contributed by atoms with van der Waals surface area (Å²) < 4.78 is 27.8. The van der Waals surface area contributed by atoms with Gasteiger partial charge in [-0.2, -0.15) is 12.7 Å². The molecule has 0 unspecified atom stereocenters. The minimum absolute atomic E-state index is 0.108. The average Bonchev–Trinajstić information content (AvgIpc) is 2.70. The maximum Gasteiger partial charge on any atom is 0.301 e. The molecule has 0 aromatic heterocycles. The number of anilines is 3. The summed E-state index contributed by atoms with van der Waals surface area (Å²) in [4.78, 5) is 14.0. The molecule has 0 radical (unpaired) electrons. The predicted molar refractivity (Wildman–Crippen MR) is 99.3 cm³/mol. The van der Waals surface area contributed by atoms with Gasteiger partial charge in [-0.1, -0.05) is 24.3 Å². The highest BCUT2D eigenvalue weighted by molar-refractivity contribution is 7.90. The first-order chi connectivity index (χ1) is 11.8. The highest BCUT2D eigenvalue weighted by Crippen LogP contribution is 2.37. The lowest BCUT2D eigenvalue weighted by Crippen LogP contribution is -2.29. The third kappa shape index (κ3) is 3.38. The van der Waals surface area contributed by atoms with Gasteiger partial charge >= 0.3 is 10.2 Å². The molecule has 1 aliphatic heterocycles. The van der Waals surface area contributed by atoms with Crippen LogP contribution in [0.4, 0.5) is 17.1 Å². The summed E-state index contributed by atoms with van der Waals surface area (Å²) >= 11 is 0. The van der Waals surface area contributed by atoms with Gasteiger partial charge < -0.3 is 0 Å². The third-order valence-electron chi connectivity index (χ3n) is 4.26. The molecule has 7 heteroatoms. The number of amides is 1. The van der Waals surface area contributed by atoms with E-state index in [1.54, 1.807) is 17.0 Å². The molecule has 0 saturated carbocycles. The maximum absolute atomic E-state index is 12.4. The van der Waals surface area contributed by atoms with Gasteiger partial charge in [-0.3, -0.25) is 14.4 Å². The SMILES string of the molecule is CC(=O)N1c2ccccc2CCc2ccc(NS(=O)(=O)N(C)C)cc21. The van der Waals surface area contributed by atoms with E-state index in [1.807, 2.05) is 30.3 Å². The van der Waals surface area contributed by atoms with E-state index in [-0.39, 0.29) is 5.91 Å². The Morgan fingerprint density at radius 3 is 2.32 bits per heavy atom. The predicted octanol–water partition coefficient (Wildman–Crippen LogP) is 2.69. The van der Waals surface area contributed by atoms with Crippen molar-refractivity contribution in [3.05, 3.63) is 53.6 Å². The fraction of sp³-hybridized carbons (Fsp3) is 0.278. The van der Waals surface area contributed by atoms with Gasteiger partial charge in [0.1, 0.15) is 0 Å². The first-order valence-electron chi connectivity index (χ1n) is 8.01. The number of rotatable bonds is 3. The van der Waals surface area contributed by atoms with Crippen LogP contribution in [-0.2, 0) is 27.8 Å². The summed E-state index contributed by atoms with van der Waals surface area (Å²) in [7, 11) is -0.681. The molecule has 0 fully saturated rings. The summed E-state index contributed by atoms with van der Waals surface area (Å²) in [5.41, 5.74) is 4.11. The summed E-state index contributed by atoms with van der Waals surface area (Å²) in [6.07, 6.45) is 1.62. The molecule has 6 nitrogen and oxygen atoms in total. The van der Waals surface area contributed by atoms with Crippen molar-refractivity contribution in [2.24, 2.45) is 0 Å². The van der Waals surface area contributed by atoms with Crippen LogP contribution in [0.15, 0.2) is 42.5 Å². The van der Waals surface area contributed by atoms with Crippen LogP contribution in [0.1, 0.15) is 18.1 Å². The van der Waals surface area contributed by atoms with E-state index in [1.165, 1.54) is 21.0 Å². The van der Waals surface area contributed by atoms with Gasteiger partial charge in [-0.05, 0) is 42.2 Å². The Kier molecular flexibility index (Phi) is 4.53. The molecular formula is C18H21N3O3S.